The van der Waals surface area contributed by atoms with Crippen LogP contribution in [0.5, 0.6) is 5.75 Å². The van der Waals surface area contributed by atoms with Crippen LogP contribution in [0.1, 0.15) is 29.2 Å². The Balaban J connectivity index is 1.89. The molecule has 7 nitrogen and oxygen atoms in total. The normalized spacial score (nSPS) is 16.5. The maximum atomic E-state index is 12.2. The Morgan fingerprint density at radius 1 is 1.25 bits per heavy atom. The van der Waals surface area contributed by atoms with E-state index in [1.165, 1.54) is 0 Å². The van der Waals surface area contributed by atoms with E-state index < -0.39 is 0 Å². The number of aryl methyl sites for hydroxylation is 1. The van der Waals surface area contributed by atoms with Crippen LogP contribution in [0, 0.1) is 6.92 Å². The lowest BCUT2D eigenvalue weighted by atomic mass is 9.86. The summed E-state index contributed by atoms with van der Waals surface area (Å²) in [6.07, 6.45) is 3.56. The number of hydrogen-bond acceptors (Lipinski definition) is 5. The van der Waals surface area contributed by atoms with Crippen molar-refractivity contribution in [3.05, 3.63) is 59.5 Å². The molecule has 0 saturated carbocycles. The first kappa shape index (κ1) is 14.4. The molecule has 0 aliphatic carbocycles. The molecule has 1 aromatic carbocycles. The van der Waals surface area contributed by atoms with Gasteiger partial charge in [0.05, 0.1) is 5.69 Å². The van der Waals surface area contributed by atoms with Gasteiger partial charge in [0.1, 0.15) is 11.6 Å². The zero-order valence-electron chi connectivity index (χ0n) is 13.0. The van der Waals surface area contributed by atoms with E-state index in [2.05, 4.69) is 20.4 Å². The van der Waals surface area contributed by atoms with E-state index in [1.807, 2.05) is 13.0 Å². The van der Waals surface area contributed by atoms with Crippen molar-refractivity contribution < 1.29 is 9.90 Å². The molecule has 0 bridgehead atoms. The van der Waals surface area contributed by atoms with Crippen molar-refractivity contribution in [1.29, 1.82) is 0 Å². The lowest BCUT2D eigenvalue weighted by Crippen LogP contribution is -2.25. The molecule has 120 valence electrons. The summed E-state index contributed by atoms with van der Waals surface area (Å²) in [6, 6.07) is 8.70. The van der Waals surface area contributed by atoms with Gasteiger partial charge in [0, 0.05) is 30.3 Å². The van der Waals surface area contributed by atoms with Gasteiger partial charge in [0.2, 0.25) is 5.91 Å². The fourth-order valence-corrected chi connectivity index (χ4v) is 3.12. The topological polar surface area (TPSA) is 92.9 Å². The van der Waals surface area contributed by atoms with Gasteiger partial charge in [0.25, 0.3) is 5.95 Å². The van der Waals surface area contributed by atoms with Gasteiger partial charge in [-0.3, -0.25) is 4.79 Å². The average molecular weight is 321 g/mol. The van der Waals surface area contributed by atoms with Gasteiger partial charge in [-0.1, -0.05) is 12.1 Å². The van der Waals surface area contributed by atoms with Gasteiger partial charge in [-0.25, -0.2) is 9.97 Å². The summed E-state index contributed by atoms with van der Waals surface area (Å²) in [7, 11) is 0. The molecule has 1 amide bonds. The second-order valence-corrected chi connectivity index (χ2v) is 5.71. The summed E-state index contributed by atoms with van der Waals surface area (Å²) in [5, 5.41) is 17.2. The Labute approximate surface area is 138 Å². The second kappa shape index (κ2) is 5.45. The van der Waals surface area contributed by atoms with Crippen LogP contribution in [0.25, 0.3) is 5.95 Å². The Kier molecular flexibility index (Phi) is 3.26. The molecule has 1 unspecified atom stereocenters. The Hall–Kier alpha value is -3.22. The third kappa shape index (κ3) is 2.30. The maximum absolute atomic E-state index is 12.2. The summed E-state index contributed by atoms with van der Waals surface area (Å²) in [5.41, 5.74) is 2.60. The van der Waals surface area contributed by atoms with Crippen molar-refractivity contribution in [2.75, 3.05) is 5.32 Å². The molecule has 1 aliphatic heterocycles. The lowest BCUT2D eigenvalue weighted by molar-refractivity contribution is -0.116. The molecule has 0 spiro atoms. The minimum atomic E-state index is -0.168. The van der Waals surface area contributed by atoms with Crippen LogP contribution in [0.15, 0.2) is 42.7 Å². The molecule has 0 radical (unpaired) electrons. The summed E-state index contributed by atoms with van der Waals surface area (Å²) in [4.78, 5) is 20.6. The van der Waals surface area contributed by atoms with Crippen LogP contribution < -0.4 is 5.32 Å². The molecule has 1 aliphatic rings. The van der Waals surface area contributed by atoms with Crippen LogP contribution in [0.4, 0.5) is 5.82 Å². The highest BCUT2D eigenvalue weighted by Crippen LogP contribution is 2.40. The Morgan fingerprint density at radius 2 is 2.04 bits per heavy atom. The lowest BCUT2D eigenvalue weighted by Gasteiger charge is -2.24. The number of carbonyl (C=O) groups excluding carboxylic acids is 1. The predicted octanol–water partition coefficient (Wildman–Crippen LogP) is 2.15. The van der Waals surface area contributed by atoms with Gasteiger partial charge in [-0.05, 0) is 30.7 Å². The fraction of sp³-hybridized carbons (Fsp3) is 0.176. The number of anilines is 1. The number of benzene rings is 1. The summed E-state index contributed by atoms with van der Waals surface area (Å²) < 4.78 is 1.55. The van der Waals surface area contributed by atoms with Crippen molar-refractivity contribution in [1.82, 2.24) is 19.7 Å². The van der Waals surface area contributed by atoms with E-state index in [0.717, 1.165) is 16.8 Å². The molecule has 3 heterocycles. The van der Waals surface area contributed by atoms with Gasteiger partial charge in [-0.2, -0.15) is 9.78 Å². The van der Waals surface area contributed by atoms with Crippen molar-refractivity contribution in [3.63, 3.8) is 0 Å². The highest BCUT2D eigenvalue weighted by molar-refractivity contribution is 5.95. The van der Waals surface area contributed by atoms with E-state index in [-0.39, 0.29) is 17.6 Å². The minimum Gasteiger partial charge on any atom is -0.508 e. The van der Waals surface area contributed by atoms with Gasteiger partial charge in [0.15, 0.2) is 0 Å². The summed E-state index contributed by atoms with van der Waals surface area (Å²) >= 11 is 0. The van der Waals surface area contributed by atoms with Gasteiger partial charge < -0.3 is 10.4 Å². The molecule has 7 heteroatoms. The molecule has 24 heavy (non-hydrogen) atoms. The number of phenols is 1. The van der Waals surface area contributed by atoms with E-state index >= 15 is 0 Å². The largest absolute Gasteiger partial charge is 0.508 e. The maximum Gasteiger partial charge on any atom is 0.252 e. The van der Waals surface area contributed by atoms with E-state index in [1.54, 1.807) is 41.3 Å². The number of carbonyl (C=O) groups is 1. The quantitative estimate of drug-likeness (QED) is 0.754. The number of nitrogens with zero attached hydrogens (tertiary/aromatic N) is 4. The molecule has 4 rings (SSSR count). The second-order valence-electron chi connectivity index (χ2n) is 5.71. The molecule has 3 aromatic rings. The van der Waals surface area contributed by atoms with Gasteiger partial charge >= 0.3 is 0 Å². The number of aromatic nitrogens is 4. The number of phenolic OH excluding ortho intramolecular Hbond substituents is 1. The molecule has 0 saturated heterocycles. The first-order valence-corrected chi connectivity index (χ1v) is 7.59. The number of amides is 1. The van der Waals surface area contributed by atoms with Crippen molar-refractivity contribution in [2.45, 2.75) is 19.3 Å². The summed E-state index contributed by atoms with van der Waals surface area (Å²) in [5.74, 6) is 0.893. The molecule has 2 aromatic heterocycles. The van der Waals surface area contributed by atoms with Gasteiger partial charge in [-0.15, -0.1) is 0 Å². The highest BCUT2D eigenvalue weighted by Gasteiger charge is 2.33. The molecule has 2 N–H and O–H groups in total. The fourth-order valence-electron chi connectivity index (χ4n) is 3.12. The monoisotopic (exact) mass is 321 g/mol. The van der Waals surface area contributed by atoms with Crippen LogP contribution in [-0.2, 0) is 4.79 Å². The number of nitrogens with one attached hydrogen (secondary N) is 1. The molecule has 0 fully saturated rings. The predicted molar refractivity (Wildman–Crippen MR) is 87.1 cm³/mol. The smallest absolute Gasteiger partial charge is 0.252 e. The number of hydrogen-bond donors (Lipinski definition) is 2. The van der Waals surface area contributed by atoms with E-state index in [0.29, 0.717) is 18.2 Å². The first-order valence-electron chi connectivity index (χ1n) is 7.59. The zero-order chi connectivity index (χ0) is 16.7. The molecule has 1 atom stereocenters. The third-order valence-corrected chi connectivity index (χ3v) is 4.12. The van der Waals surface area contributed by atoms with Crippen molar-refractivity contribution in [3.8, 4) is 11.7 Å². The standard InChI is InChI=1S/C17H15N5O2/c1-10-15-13(11-4-2-5-12(23)8-11)9-14(24)20-16(15)22(21-10)17-18-6-3-7-19-17/h2-8,13,23H,9H2,1H3,(H,20,24). The van der Waals surface area contributed by atoms with E-state index in [9.17, 15) is 9.90 Å². The zero-order valence-corrected chi connectivity index (χ0v) is 13.0. The van der Waals surface area contributed by atoms with Crippen LogP contribution in [0.2, 0.25) is 0 Å². The highest BCUT2D eigenvalue weighted by atomic mass is 16.3. The number of aromatic hydroxyl groups is 1. The average Bonchev–Trinajstić information content (AvgIpc) is 2.91. The first-order chi connectivity index (χ1) is 11.6. The number of fused-ring (bicyclic) bond motifs is 1. The van der Waals surface area contributed by atoms with Crippen LogP contribution in [-0.4, -0.2) is 30.8 Å². The van der Waals surface area contributed by atoms with Crippen molar-refractivity contribution >= 4 is 11.7 Å². The SMILES string of the molecule is Cc1nn(-c2ncccn2)c2c1C(c1cccc(O)c1)CC(=O)N2. The summed E-state index contributed by atoms with van der Waals surface area (Å²) in [6.45, 7) is 1.89. The van der Waals surface area contributed by atoms with Crippen LogP contribution >= 0.6 is 0 Å². The van der Waals surface area contributed by atoms with Crippen LogP contribution in [0.3, 0.4) is 0 Å². The number of rotatable bonds is 2. The van der Waals surface area contributed by atoms with Crippen molar-refractivity contribution in [2.24, 2.45) is 0 Å². The minimum absolute atomic E-state index is 0.104. The Bertz CT molecular complexity index is 920. The molecular formula is C17H15N5O2. The molecular weight excluding hydrogens is 306 g/mol. The Morgan fingerprint density at radius 3 is 2.79 bits per heavy atom. The van der Waals surface area contributed by atoms with E-state index in [4.69, 9.17) is 0 Å². The third-order valence-electron chi connectivity index (χ3n) is 4.12.